The summed E-state index contributed by atoms with van der Waals surface area (Å²) in [5.74, 6) is -0.919. The van der Waals surface area contributed by atoms with E-state index in [4.69, 9.17) is 5.11 Å². The zero-order valence-electron chi connectivity index (χ0n) is 11.3. The molecule has 0 amide bonds. The molecule has 104 valence electrons. The molecule has 4 heteroatoms. The zero-order chi connectivity index (χ0) is 14.4. The van der Waals surface area contributed by atoms with Gasteiger partial charge in [0.25, 0.3) is 0 Å². The van der Waals surface area contributed by atoms with Gasteiger partial charge in [0.2, 0.25) is 0 Å². The summed E-state index contributed by atoms with van der Waals surface area (Å²) >= 11 is 1.65. The van der Waals surface area contributed by atoms with E-state index in [1.54, 1.807) is 17.4 Å². The Hall–Kier alpha value is -2.07. The number of para-hydroxylation sites is 1. The molecule has 0 atom stereocenters. The van der Waals surface area contributed by atoms with E-state index in [0.29, 0.717) is 0 Å². The maximum absolute atomic E-state index is 10.5. The van der Waals surface area contributed by atoms with Gasteiger partial charge in [0, 0.05) is 23.2 Å². The first kappa shape index (κ1) is 14.3. The van der Waals surface area contributed by atoms with Crippen LogP contribution in [-0.2, 0) is 11.3 Å². The number of hydrogen-bond donors (Lipinski definition) is 1. The second-order valence-corrected chi connectivity index (χ2v) is 5.36. The fourth-order valence-corrected chi connectivity index (χ4v) is 2.82. The molecule has 3 nitrogen and oxygen atoms in total. The standard InChI is InChI=1S/C16H17NO2S/c1-2-17(14-6-4-3-5-7-14)11-15-10-13(12-20-15)8-9-16(18)19/h3-10,12H,2,11H2,1H3,(H,18,19). The van der Waals surface area contributed by atoms with Crippen molar-refractivity contribution in [2.45, 2.75) is 13.5 Å². The molecule has 0 bridgehead atoms. The summed E-state index contributed by atoms with van der Waals surface area (Å²) in [5, 5.41) is 10.6. The van der Waals surface area contributed by atoms with Crippen molar-refractivity contribution in [1.82, 2.24) is 0 Å². The summed E-state index contributed by atoms with van der Waals surface area (Å²) in [5.41, 5.74) is 2.14. The van der Waals surface area contributed by atoms with Crippen molar-refractivity contribution >= 4 is 29.1 Å². The van der Waals surface area contributed by atoms with Gasteiger partial charge in [0.1, 0.15) is 0 Å². The predicted molar refractivity (Wildman–Crippen MR) is 84.2 cm³/mol. The van der Waals surface area contributed by atoms with Crippen LogP contribution < -0.4 is 4.90 Å². The molecule has 1 aromatic heterocycles. The van der Waals surface area contributed by atoms with Crippen LogP contribution in [0.1, 0.15) is 17.4 Å². The van der Waals surface area contributed by atoms with E-state index in [2.05, 4.69) is 24.0 Å². The predicted octanol–water partition coefficient (Wildman–Crippen LogP) is 3.87. The molecule has 1 heterocycles. The molecule has 0 radical (unpaired) electrons. The first-order chi connectivity index (χ1) is 9.69. The van der Waals surface area contributed by atoms with Gasteiger partial charge in [-0.1, -0.05) is 18.2 Å². The SMILES string of the molecule is CCN(Cc1cc(C=CC(=O)O)cs1)c1ccccc1. The van der Waals surface area contributed by atoms with E-state index in [1.807, 2.05) is 29.6 Å². The summed E-state index contributed by atoms with van der Waals surface area (Å²) in [7, 11) is 0. The monoisotopic (exact) mass is 287 g/mol. The number of benzene rings is 1. The van der Waals surface area contributed by atoms with E-state index >= 15 is 0 Å². The van der Waals surface area contributed by atoms with Crippen LogP contribution in [0.25, 0.3) is 6.08 Å². The summed E-state index contributed by atoms with van der Waals surface area (Å²) in [4.78, 5) is 14.0. The number of carboxylic acid groups (broad SMARTS) is 1. The number of carbonyl (C=O) groups is 1. The molecular weight excluding hydrogens is 270 g/mol. The molecule has 0 aliphatic carbocycles. The van der Waals surface area contributed by atoms with Gasteiger partial charge >= 0.3 is 5.97 Å². The van der Waals surface area contributed by atoms with E-state index in [9.17, 15) is 4.79 Å². The number of anilines is 1. The highest BCUT2D eigenvalue weighted by Gasteiger charge is 2.06. The Kier molecular flexibility index (Phi) is 4.96. The topological polar surface area (TPSA) is 40.5 Å². The lowest BCUT2D eigenvalue weighted by Gasteiger charge is -2.22. The number of carboxylic acids is 1. The first-order valence-corrected chi connectivity index (χ1v) is 7.35. The first-order valence-electron chi connectivity index (χ1n) is 6.47. The number of aliphatic carboxylic acids is 1. The highest BCUT2D eigenvalue weighted by molar-refractivity contribution is 7.10. The summed E-state index contributed by atoms with van der Waals surface area (Å²) < 4.78 is 0. The van der Waals surface area contributed by atoms with Crippen LogP contribution in [0.5, 0.6) is 0 Å². The highest BCUT2D eigenvalue weighted by atomic mass is 32.1. The lowest BCUT2D eigenvalue weighted by molar-refractivity contribution is -0.131. The number of nitrogens with zero attached hydrogens (tertiary/aromatic N) is 1. The lowest BCUT2D eigenvalue weighted by atomic mass is 10.2. The molecule has 1 N–H and O–H groups in total. The maximum Gasteiger partial charge on any atom is 0.328 e. The molecule has 2 aromatic rings. The fraction of sp³-hybridized carbons (Fsp3) is 0.188. The van der Waals surface area contributed by atoms with Crippen molar-refractivity contribution in [2.75, 3.05) is 11.4 Å². The Morgan fingerprint density at radius 2 is 2.10 bits per heavy atom. The van der Waals surface area contributed by atoms with Gasteiger partial charge in [-0.05, 0) is 42.1 Å². The molecule has 20 heavy (non-hydrogen) atoms. The average Bonchev–Trinajstić information content (AvgIpc) is 2.91. The third-order valence-electron chi connectivity index (χ3n) is 2.94. The quantitative estimate of drug-likeness (QED) is 0.820. The van der Waals surface area contributed by atoms with Crippen molar-refractivity contribution in [2.24, 2.45) is 0 Å². The minimum absolute atomic E-state index is 0.839. The maximum atomic E-state index is 10.5. The molecule has 0 saturated heterocycles. The fourth-order valence-electron chi connectivity index (χ4n) is 1.95. The molecule has 2 rings (SSSR count). The molecule has 0 aliphatic rings. The molecule has 0 unspecified atom stereocenters. The molecule has 1 aromatic carbocycles. The second-order valence-electron chi connectivity index (χ2n) is 4.37. The van der Waals surface area contributed by atoms with Crippen LogP contribution in [0.3, 0.4) is 0 Å². The zero-order valence-corrected chi connectivity index (χ0v) is 12.1. The minimum atomic E-state index is -0.919. The number of rotatable bonds is 6. The highest BCUT2D eigenvalue weighted by Crippen LogP contribution is 2.21. The van der Waals surface area contributed by atoms with Crippen LogP contribution in [0, 0.1) is 0 Å². The minimum Gasteiger partial charge on any atom is -0.478 e. The van der Waals surface area contributed by atoms with Gasteiger partial charge in [0.05, 0.1) is 6.54 Å². The van der Waals surface area contributed by atoms with Crippen LogP contribution in [-0.4, -0.2) is 17.6 Å². The number of thiophene rings is 1. The second kappa shape index (κ2) is 6.91. The van der Waals surface area contributed by atoms with E-state index in [1.165, 1.54) is 16.6 Å². The molecular formula is C16H17NO2S. The normalized spacial score (nSPS) is 10.8. The molecule has 0 saturated carbocycles. The van der Waals surface area contributed by atoms with Gasteiger partial charge in [-0.3, -0.25) is 0 Å². The van der Waals surface area contributed by atoms with Crippen molar-refractivity contribution in [1.29, 1.82) is 0 Å². The summed E-state index contributed by atoms with van der Waals surface area (Å²) in [6, 6.07) is 12.3. The van der Waals surface area contributed by atoms with Gasteiger partial charge in [-0.2, -0.15) is 0 Å². The molecule has 0 aliphatic heterocycles. The van der Waals surface area contributed by atoms with Crippen molar-refractivity contribution in [3.63, 3.8) is 0 Å². The van der Waals surface area contributed by atoms with E-state index < -0.39 is 5.97 Å². The van der Waals surface area contributed by atoms with E-state index in [0.717, 1.165) is 18.7 Å². The molecule has 0 spiro atoms. The average molecular weight is 287 g/mol. The Balaban J connectivity index is 2.07. The van der Waals surface area contributed by atoms with Gasteiger partial charge in [0.15, 0.2) is 0 Å². The Labute approximate surface area is 122 Å². The van der Waals surface area contributed by atoms with Crippen molar-refractivity contribution < 1.29 is 9.90 Å². The van der Waals surface area contributed by atoms with Gasteiger partial charge < -0.3 is 10.0 Å². The van der Waals surface area contributed by atoms with Crippen LogP contribution in [0.4, 0.5) is 5.69 Å². The molecule has 0 fully saturated rings. The Morgan fingerprint density at radius 3 is 2.75 bits per heavy atom. The Morgan fingerprint density at radius 1 is 1.35 bits per heavy atom. The Bertz CT molecular complexity index is 590. The smallest absolute Gasteiger partial charge is 0.328 e. The number of hydrogen-bond acceptors (Lipinski definition) is 3. The third-order valence-corrected chi connectivity index (χ3v) is 3.88. The summed E-state index contributed by atoms with van der Waals surface area (Å²) in [6.07, 6.45) is 2.79. The lowest BCUT2D eigenvalue weighted by Crippen LogP contribution is -2.21. The van der Waals surface area contributed by atoms with Crippen molar-refractivity contribution in [3.8, 4) is 0 Å². The van der Waals surface area contributed by atoms with Crippen LogP contribution in [0.15, 0.2) is 47.9 Å². The van der Waals surface area contributed by atoms with Crippen LogP contribution in [0.2, 0.25) is 0 Å². The van der Waals surface area contributed by atoms with E-state index in [-0.39, 0.29) is 0 Å². The van der Waals surface area contributed by atoms with Crippen molar-refractivity contribution in [3.05, 3.63) is 58.3 Å². The largest absolute Gasteiger partial charge is 0.478 e. The summed E-state index contributed by atoms with van der Waals surface area (Å²) in [6.45, 7) is 3.90. The van der Waals surface area contributed by atoms with Gasteiger partial charge in [-0.15, -0.1) is 11.3 Å². The third kappa shape index (κ3) is 3.96. The van der Waals surface area contributed by atoms with Crippen LogP contribution >= 0.6 is 11.3 Å². The van der Waals surface area contributed by atoms with Gasteiger partial charge in [-0.25, -0.2) is 4.79 Å².